The van der Waals surface area contributed by atoms with Gasteiger partial charge in [-0.2, -0.15) is 0 Å². The number of hydrogen-bond acceptors (Lipinski definition) is 5. The number of nitrogens with one attached hydrogen (secondary N) is 2. The first-order chi connectivity index (χ1) is 15.4. The molecule has 2 N–H and O–H groups in total. The van der Waals surface area contributed by atoms with Crippen LogP contribution in [0.4, 0.5) is 17.1 Å². The molecule has 0 aliphatic carbocycles. The zero-order valence-corrected chi connectivity index (χ0v) is 19.5. The predicted octanol–water partition coefficient (Wildman–Crippen LogP) is 6.12. The number of thioether (sulfide) groups is 1. The van der Waals surface area contributed by atoms with Gasteiger partial charge in [-0.25, -0.2) is 0 Å². The lowest BCUT2D eigenvalue weighted by atomic mass is 10.2. The minimum absolute atomic E-state index is 0.0774. The molecule has 2 amide bonds. The highest BCUT2D eigenvalue weighted by molar-refractivity contribution is 9.10. The van der Waals surface area contributed by atoms with Crippen molar-refractivity contribution in [3.63, 3.8) is 0 Å². The minimum Gasteiger partial charge on any atom is -0.324 e. The van der Waals surface area contributed by atoms with Gasteiger partial charge in [-0.15, -0.1) is 11.8 Å². The average Bonchev–Trinajstić information content (AvgIpc) is 2.79. The zero-order valence-electron chi connectivity index (χ0n) is 17.1. The van der Waals surface area contributed by atoms with Crippen LogP contribution in [-0.4, -0.2) is 22.0 Å². The summed E-state index contributed by atoms with van der Waals surface area (Å²) in [4.78, 5) is 36.3. The van der Waals surface area contributed by atoms with E-state index in [9.17, 15) is 19.7 Å². The van der Waals surface area contributed by atoms with Crippen molar-refractivity contribution in [1.82, 2.24) is 0 Å². The maximum Gasteiger partial charge on any atom is 0.269 e. The highest BCUT2D eigenvalue weighted by atomic mass is 79.9. The molecule has 3 aromatic rings. The topological polar surface area (TPSA) is 101 Å². The summed E-state index contributed by atoms with van der Waals surface area (Å²) in [5.41, 5.74) is 1.51. The highest BCUT2D eigenvalue weighted by Gasteiger charge is 2.19. The number of non-ortho nitro benzene ring substituents is 1. The number of halogens is 1. The van der Waals surface area contributed by atoms with Crippen molar-refractivity contribution in [3.05, 3.63) is 92.9 Å². The van der Waals surface area contributed by atoms with Gasteiger partial charge in [0.15, 0.2) is 0 Å². The second-order valence-corrected chi connectivity index (χ2v) is 8.90. The molecule has 3 aromatic carbocycles. The van der Waals surface area contributed by atoms with Gasteiger partial charge in [0.1, 0.15) is 0 Å². The Balaban J connectivity index is 1.66. The summed E-state index contributed by atoms with van der Waals surface area (Å²) in [5.74, 6) is -0.481. The summed E-state index contributed by atoms with van der Waals surface area (Å²) >= 11 is 4.84. The Morgan fingerprint density at radius 2 is 1.75 bits per heavy atom. The number of carbonyl (C=O) groups excluding carboxylic acids is 2. The lowest BCUT2D eigenvalue weighted by molar-refractivity contribution is -0.384. The molecule has 0 saturated heterocycles. The van der Waals surface area contributed by atoms with E-state index < -0.39 is 4.92 Å². The Bertz CT molecular complexity index is 1140. The summed E-state index contributed by atoms with van der Waals surface area (Å²) in [7, 11) is 0. The van der Waals surface area contributed by atoms with Crippen molar-refractivity contribution in [3.8, 4) is 0 Å². The molecule has 0 radical (unpaired) electrons. The average molecular weight is 514 g/mol. The van der Waals surface area contributed by atoms with Crippen LogP contribution in [-0.2, 0) is 4.79 Å². The van der Waals surface area contributed by atoms with Crippen molar-refractivity contribution in [2.24, 2.45) is 0 Å². The SMILES string of the molecule is CCC(Sc1cccc(NC(=O)c2ccc([N+](=O)[O-])cc2)c1)C(=O)Nc1ccccc1Br. The van der Waals surface area contributed by atoms with Gasteiger partial charge >= 0.3 is 0 Å². The standard InChI is InChI=1S/C23H20BrN3O4S/c1-2-21(23(29)26-20-9-4-3-8-19(20)24)32-18-7-5-6-16(14-18)25-22(28)15-10-12-17(13-11-15)27(30)31/h3-14,21H,2H2,1H3,(H,25,28)(H,26,29). The number of rotatable bonds is 8. The van der Waals surface area contributed by atoms with Crippen LogP contribution in [0.5, 0.6) is 0 Å². The van der Waals surface area contributed by atoms with Crippen molar-refractivity contribution in [2.75, 3.05) is 10.6 Å². The predicted molar refractivity (Wildman–Crippen MR) is 130 cm³/mol. The van der Waals surface area contributed by atoms with E-state index >= 15 is 0 Å². The lowest BCUT2D eigenvalue weighted by Crippen LogP contribution is -2.24. The van der Waals surface area contributed by atoms with Crippen LogP contribution < -0.4 is 10.6 Å². The van der Waals surface area contributed by atoms with Gasteiger partial charge in [0.2, 0.25) is 5.91 Å². The molecule has 0 aliphatic rings. The summed E-state index contributed by atoms with van der Waals surface area (Å²) in [5, 5.41) is 16.2. The van der Waals surface area contributed by atoms with E-state index in [-0.39, 0.29) is 22.8 Å². The van der Waals surface area contributed by atoms with Crippen LogP contribution in [0.2, 0.25) is 0 Å². The molecule has 1 unspecified atom stereocenters. The number of hydrogen-bond donors (Lipinski definition) is 2. The van der Waals surface area contributed by atoms with Gasteiger partial charge in [-0.05, 0) is 64.8 Å². The van der Waals surface area contributed by atoms with E-state index in [1.165, 1.54) is 36.0 Å². The van der Waals surface area contributed by atoms with Crippen LogP contribution in [0.15, 0.2) is 82.2 Å². The summed E-state index contributed by atoms with van der Waals surface area (Å²) in [6, 6.07) is 20.0. The van der Waals surface area contributed by atoms with Gasteiger partial charge < -0.3 is 10.6 Å². The van der Waals surface area contributed by atoms with Gasteiger partial charge in [-0.3, -0.25) is 19.7 Å². The number of amides is 2. The Hall–Kier alpha value is -3.17. The molecule has 3 rings (SSSR count). The Morgan fingerprint density at radius 3 is 2.41 bits per heavy atom. The molecule has 0 spiro atoms. The number of benzene rings is 3. The fourth-order valence-corrected chi connectivity index (χ4v) is 4.24. The first-order valence-corrected chi connectivity index (χ1v) is 11.4. The van der Waals surface area contributed by atoms with E-state index in [1.54, 1.807) is 18.2 Å². The molecule has 9 heteroatoms. The number of carbonyl (C=O) groups is 2. The van der Waals surface area contributed by atoms with E-state index in [4.69, 9.17) is 0 Å². The molecule has 32 heavy (non-hydrogen) atoms. The first kappa shape index (κ1) is 23.5. The number of para-hydroxylation sites is 1. The Kier molecular flexibility index (Phi) is 8.02. The zero-order chi connectivity index (χ0) is 23.1. The van der Waals surface area contributed by atoms with E-state index in [0.717, 1.165) is 9.37 Å². The van der Waals surface area contributed by atoms with Crippen LogP contribution in [0.3, 0.4) is 0 Å². The van der Waals surface area contributed by atoms with E-state index in [1.807, 2.05) is 37.3 Å². The molecule has 7 nitrogen and oxygen atoms in total. The van der Waals surface area contributed by atoms with Gasteiger partial charge in [0.25, 0.3) is 11.6 Å². The Morgan fingerprint density at radius 1 is 1.03 bits per heavy atom. The van der Waals surface area contributed by atoms with Crippen LogP contribution in [0.1, 0.15) is 23.7 Å². The lowest BCUT2D eigenvalue weighted by Gasteiger charge is -2.16. The third-order valence-electron chi connectivity index (χ3n) is 4.51. The maximum atomic E-state index is 12.8. The quantitative estimate of drug-likeness (QED) is 0.214. The van der Waals surface area contributed by atoms with Crippen LogP contribution in [0, 0.1) is 10.1 Å². The Labute approximate surface area is 197 Å². The molecule has 0 bridgehead atoms. The first-order valence-electron chi connectivity index (χ1n) is 9.75. The number of nitro benzene ring substituents is 1. The largest absolute Gasteiger partial charge is 0.324 e. The van der Waals surface area contributed by atoms with Crippen LogP contribution in [0.25, 0.3) is 0 Å². The smallest absolute Gasteiger partial charge is 0.269 e. The van der Waals surface area contributed by atoms with Crippen molar-refractivity contribution in [1.29, 1.82) is 0 Å². The third kappa shape index (κ3) is 6.18. The second kappa shape index (κ2) is 10.9. The third-order valence-corrected chi connectivity index (χ3v) is 6.56. The molecule has 164 valence electrons. The maximum absolute atomic E-state index is 12.8. The van der Waals surface area contributed by atoms with Crippen molar-refractivity contribution >= 4 is 56.6 Å². The molecular formula is C23H20BrN3O4S. The molecule has 1 atom stereocenters. The fourth-order valence-electron chi connectivity index (χ4n) is 2.85. The van der Waals surface area contributed by atoms with E-state index in [2.05, 4.69) is 26.6 Å². The van der Waals surface area contributed by atoms with Crippen LogP contribution >= 0.6 is 27.7 Å². The van der Waals surface area contributed by atoms with Gasteiger partial charge in [0, 0.05) is 32.8 Å². The molecular weight excluding hydrogens is 494 g/mol. The molecule has 0 heterocycles. The monoisotopic (exact) mass is 513 g/mol. The number of nitrogens with zero attached hydrogens (tertiary/aromatic N) is 1. The van der Waals surface area contributed by atoms with Gasteiger partial charge in [0.05, 0.1) is 15.9 Å². The van der Waals surface area contributed by atoms with E-state index in [0.29, 0.717) is 23.4 Å². The van der Waals surface area contributed by atoms with Gasteiger partial charge in [-0.1, -0.05) is 25.1 Å². The van der Waals surface area contributed by atoms with Crippen molar-refractivity contribution < 1.29 is 14.5 Å². The fraction of sp³-hybridized carbons (Fsp3) is 0.130. The molecule has 0 aromatic heterocycles. The minimum atomic E-state index is -0.515. The normalized spacial score (nSPS) is 11.4. The molecule has 0 fully saturated rings. The second-order valence-electron chi connectivity index (χ2n) is 6.77. The molecule has 0 aliphatic heterocycles. The summed E-state index contributed by atoms with van der Waals surface area (Å²) in [6.45, 7) is 1.94. The summed E-state index contributed by atoms with van der Waals surface area (Å²) < 4.78 is 0.809. The summed E-state index contributed by atoms with van der Waals surface area (Å²) in [6.07, 6.45) is 0.625. The number of anilines is 2. The highest BCUT2D eigenvalue weighted by Crippen LogP contribution is 2.30. The number of nitro groups is 1. The molecule has 0 saturated carbocycles. The van der Waals surface area contributed by atoms with Crippen molar-refractivity contribution in [2.45, 2.75) is 23.5 Å².